The molecule has 0 aliphatic carbocycles. The predicted molar refractivity (Wildman–Crippen MR) is 148 cm³/mol. The van der Waals surface area contributed by atoms with Crippen molar-refractivity contribution in [2.24, 2.45) is 0 Å². The third kappa shape index (κ3) is 6.68. The molecule has 0 amide bonds. The second-order valence-electron chi connectivity index (χ2n) is 9.94. The minimum absolute atomic E-state index is 0.238. The van der Waals surface area contributed by atoms with Gasteiger partial charge >= 0.3 is 23.9 Å². The fourth-order valence-corrected chi connectivity index (χ4v) is 5.07. The molecule has 1 aromatic heterocycles. The lowest BCUT2D eigenvalue weighted by molar-refractivity contribution is -0.267. The van der Waals surface area contributed by atoms with Crippen molar-refractivity contribution in [2.75, 3.05) is 6.61 Å². The van der Waals surface area contributed by atoms with Gasteiger partial charge in [0, 0.05) is 50.4 Å². The molecule has 2 aromatic carbocycles. The number of fused-ring (bicyclic) bond motifs is 1. The molecule has 0 saturated carbocycles. The van der Waals surface area contributed by atoms with Crippen LogP contribution in [0.4, 0.5) is 0 Å². The first-order chi connectivity index (χ1) is 20.0. The van der Waals surface area contributed by atoms with Gasteiger partial charge in [-0.05, 0) is 18.1 Å². The summed E-state index contributed by atoms with van der Waals surface area (Å²) in [6.45, 7) is 6.37. The summed E-state index contributed by atoms with van der Waals surface area (Å²) in [5.74, 6) is -3.02. The fraction of sp³-hybridized carbons (Fsp3) is 0.387. The first-order valence-corrected chi connectivity index (χ1v) is 13.5. The quantitative estimate of drug-likeness (QED) is 0.210. The van der Waals surface area contributed by atoms with Gasteiger partial charge in [-0.25, -0.2) is 0 Å². The van der Waals surface area contributed by atoms with Crippen LogP contribution in [0.25, 0.3) is 10.9 Å². The second kappa shape index (κ2) is 13.0. The van der Waals surface area contributed by atoms with Crippen LogP contribution in [0.1, 0.15) is 62.3 Å². The molecule has 0 bridgehead atoms. The summed E-state index contributed by atoms with van der Waals surface area (Å²) in [5, 5.41) is 0.606. The third-order valence-electron chi connectivity index (χ3n) is 6.85. The highest BCUT2D eigenvalue weighted by atomic mass is 16.7. The Labute approximate surface area is 242 Å². The number of carbonyl (C=O) groups excluding carboxylic acids is 5. The van der Waals surface area contributed by atoms with E-state index in [1.54, 1.807) is 47.2 Å². The summed E-state index contributed by atoms with van der Waals surface area (Å²) < 4.78 is 29.8. The maximum Gasteiger partial charge on any atom is 0.303 e. The number of nitrogens with zero attached hydrogens (tertiary/aromatic N) is 1. The molecule has 11 heteroatoms. The molecular formula is C31H33NO10. The first-order valence-electron chi connectivity index (χ1n) is 13.5. The zero-order valence-corrected chi connectivity index (χ0v) is 24.0. The summed E-state index contributed by atoms with van der Waals surface area (Å²) in [5.41, 5.74) is 2.50. The molecule has 1 aliphatic heterocycles. The Bertz CT molecular complexity index is 1490. The van der Waals surface area contributed by atoms with Crippen molar-refractivity contribution in [3.8, 4) is 0 Å². The third-order valence-corrected chi connectivity index (χ3v) is 6.85. The van der Waals surface area contributed by atoms with Gasteiger partial charge in [-0.1, -0.05) is 49.4 Å². The zero-order chi connectivity index (χ0) is 30.6. The molecule has 1 fully saturated rings. The molecule has 4 rings (SSSR count). The Hall–Kier alpha value is -4.51. The normalized spacial score (nSPS) is 21.8. The van der Waals surface area contributed by atoms with E-state index < -0.39 is 54.5 Å². The van der Waals surface area contributed by atoms with E-state index in [9.17, 15) is 24.0 Å². The predicted octanol–water partition coefficient (Wildman–Crippen LogP) is 3.69. The van der Waals surface area contributed by atoms with E-state index in [1.165, 1.54) is 13.8 Å². The van der Waals surface area contributed by atoms with Crippen molar-refractivity contribution in [1.82, 2.24) is 4.57 Å². The minimum Gasteiger partial charge on any atom is -0.463 e. The fourth-order valence-electron chi connectivity index (χ4n) is 5.07. The van der Waals surface area contributed by atoms with Crippen molar-refractivity contribution >= 4 is 40.6 Å². The van der Waals surface area contributed by atoms with E-state index in [4.69, 9.17) is 23.7 Å². The molecule has 2 heterocycles. The van der Waals surface area contributed by atoms with Crippen LogP contribution < -0.4 is 0 Å². The van der Waals surface area contributed by atoms with E-state index >= 15 is 0 Å². The highest BCUT2D eigenvalue weighted by Gasteiger charge is 2.53. The zero-order valence-electron chi connectivity index (χ0n) is 24.0. The van der Waals surface area contributed by atoms with Gasteiger partial charge in [-0.15, -0.1) is 0 Å². The van der Waals surface area contributed by atoms with Gasteiger partial charge in [0.05, 0.1) is 5.52 Å². The Kier molecular flexibility index (Phi) is 9.41. The largest absolute Gasteiger partial charge is 0.463 e. The number of ether oxygens (including phenoxy) is 5. The maximum atomic E-state index is 13.7. The van der Waals surface area contributed by atoms with E-state index in [0.717, 1.165) is 25.8 Å². The molecule has 3 aromatic rings. The van der Waals surface area contributed by atoms with Gasteiger partial charge in [-0.2, -0.15) is 0 Å². The molecule has 3 unspecified atom stereocenters. The van der Waals surface area contributed by atoms with Crippen molar-refractivity contribution in [3.05, 3.63) is 71.4 Å². The lowest BCUT2D eigenvalue weighted by atomic mass is 9.97. The van der Waals surface area contributed by atoms with Crippen LogP contribution in [0.5, 0.6) is 0 Å². The lowest BCUT2D eigenvalue weighted by Gasteiger charge is -2.44. The van der Waals surface area contributed by atoms with E-state index in [-0.39, 0.29) is 12.4 Å². The van der Waals surface area contributed by atoms with Gasteiger partial charge in [0.25, 0.3) is 0 Å². The molecule has 1 aliphatic rings. The Morgan fingerprint density at radius 3 is 1.95 bits per heavy atom. The van der Waals surface area contributed by atoms with Crippen LogP contribution in [0.2, 0.25) is 0 Å². The van der Waals surface area contributed by atoms with Crippen LogP contribution >= 0.6 is 0 Å². The molecule has 1 saturated heterocycles. The van der Waals surface area contributed by atoms with Gasteiger partial charge < -0.3 is 28.3 Å². The number of benzene rings is 2. The standard InChI is InChI=1S/C31H33NO10/c1-6-21-11-13-22(14-12-21)27(37)24-15-32(25-10-8-7-9-23(24)25)31-30(41-20(5)36)29(40-19(4)35)28(39-18(3)34)26(42-31)16-38-17(2)33/h7-15,26,28-31H,6,16H2,1-5H3/t26?,28-,29?,30-,31?/m1/s1. The van der Waals surface area contributed by atoms with Crippen molar-refractivity contribution in [3.63, 3.8) is 0 Å². The highest BCUT2D eigenvalue weighted by Crippen LogP contribution is 2.38. The number of hydrogen-bond donors (Lipinski definition) is 0. The lowest BCUT2D eigenvalue weighted by Crippen LogP contribution is -2.60. The second-order valence-corrected chi connectivity index (χ2v) is 9.94. The van der Waals surface area contributed by atoms with Crippen LogP contribution in [0, 0.1) is 0 Å². The highest BCUT2D eigenvalue weighted by molar-refractivity contribution is 6.16. The average Bonchev–Trinajstić information content (AvgIpc) is 3.32. The topological polar surface area (TPSA) is 136 Å². The van der Waals surface area contributed by atoms with Crippen molar-refractivity contribution in [2.45, 2.75) is 71.7 Å². The van der Waals surface area contributed by atoms with E-state index in [2.05, 4.69) is 0 Å². The number of rotatable bonds is 9. The number of aryl methyl sites for hydroxylation is 1. The average molecular weight is 580 g/mol. The monoisotopic (exact) mass is 579 g/mol. The Morgan fingerprint density at radius 1 is 0.762 bits per heavy atom. The minimum atomic E-state index is -1.34. The van der Waals surface area contributed by atoms with Crippen LogP contribution in [0.15, 0.2) is 54.7 Å². The SMILES string of the molecule is CCc1ccc(C(=O)c2cn(C3OC(COC(C)=O)[C@@H](OC(C)=O)C(OC(C)=O)[C@H]3OC(C)=O)c3ccccc23)cc1. The molecule has 5 atom stereocenters. The van der Waals surface area contributed by atoms with Gasteiger partial charge in [0.15, 0.2) is 30.3 Å². The summed E-state index contributed by atoms with van der Waals surface area (Å²) in [4.78, 5) is 62.0. The molecule has 42 heavy (non-hydrogen) atoms. The van der Waals surface area contributed by atoms with Gasteiger partial charge in [-0.3, -0.25) is 24.0 Å². The summed E-state index contributed by atoms with van der Waals surface area (Å²) in [6.07, 6.45) is -3.83. The number of para-hydroxylation sites is 1. The molecule has 0 spiro atoms. The number of ketones is 1. The van der Waals surface area contributed by atoms with Crippen molar-refractivity contribution < 1.29 is 47.7 Å². The number of hydrogen-bond acceptors (Lipinski definition) is 10. The van der Waals surface area contributed by atoms with Crippen LogP contribution in [-0.4, -0.2) is 65.3 Å². The first kappa shape index (κ1) is 30.4. The Balaban J connectivity index is 1.87. The Morgan fingerprint density at radius 2 is 1.36 bits per heavy atom. The van der Waals surface area contributed by atoms with E-state index in [0.29, 0.717) is 22.0 Å². The van der Waals surface area contributed by atoms with Gasteiger partial charge in [0.1, 0.15) is 12.7 Å². The molecule has 222 valence electrons. The number of carbonyl (C=O) groups is 5. The number of esters is 4. The van der Waals surface area contributed by atoms with Crippen molar-refractivity contribution in [1.29, 1.82) is 0 Å². The summed E-state index contributed by atoms with van der Waals surface area (Å²) in [7, 11) is 0. The smallest absolute Gasteiger partial charge is 0.303 e. The summed E-state index contributed by atoms with van der Waals surface area (Å²) >= 11 is 0. The molecule has 0 radical (unpaired) electrons. The van der Waals surface area contributed by atoms with Crippen LogP contribution in [0.3, 0.4) is 0 Å². The maximum absolute atomic E-state index is 13.7. The van der Waals surface area contributed by atoms with Crippen LogP contribution in [-0.2, 0) is 49.3 Å². The van der Waals surface area contributed by atoms with Gasteiger partial charge in [0.2, 0.25) is 0 Å². The summed E-state index contributed by atoms with van der Waals surface area (Å²) in [6, 6.07) is 14.4. The molecule has 0 N–H and O–H groups in total. The molecule has 11 nitrogen and oxygen atoms in total. The number of aromatic nitrogens is 1. The molecular weight excluding hydrogens is 546 g/mol. The van der Waals surface area contributed by atoms with E-state index in [1.807, 2.05) is 19.1 Å².